The first-order valence-corrected chi connectivity index (χ1v) is 7.03. The highest BCUT2D eigenvalue weighted by Gasteiger charge is 2.19. The van der Waals surface area contributed by atoms with Gasteiger partial charge in [-0.25, -0.2) is 8.78 Å². The summed E-state index contributed by atoms with van der Waals surface area (Å²) in [6, 6.07) is 11.6. The summed E-state index contributed by atoms with van der Waals surface area (Å²) in [7, 11) is 0. The molecule has 1 unspecified atom stereocenters. The van der Waals surface area contributed by atoms with Crippen molar-refractivity contribution in [2.75, 3.05) is 0 Å². The molecular weight excluding hydrogens is 340 g/mol. The zero-order valence-corrected chi connectivity index (χ0v) is 12.3. The van der Waals surface area contributed by atoms with Gasteiger partial charge in [0.1, 0.15) is 6.10 Å². The van der Waals surface area contributed by atoms with Crippen molar-refractivity contribution in [1.29, 1.82) is 0 Å². The Bertz CT molecular complexity index is 822. The van der Waals surface area contributed by atoms with E-state index in [4.69, 9.17) is 0 Å². The molecule has 1 N–H and O–H groups in total. The molecule has 0 bridgehead atoms. The molecule has 0 aliphatic rings. The maximum Gasteiger partial charge on any atom is 0.173 e. The van der Waals surface area contributed by atoms with Crippen LogP contribution < -0.4 is 0 Å². The molecule has 3 rings (SSSR count). The van der Waals surface area contributed by atoms with E-state index >= 15 is 0 Å². The van der Waals surface area contributed by atoms with Crippen LogP contribution in [-0.4, -0.2) is 10.1 Å². The van der Waals surface area contributed by atoms with Crippen molar-refractivity contribution in [3.8, 4) is 0 Å². The molecule has 106 valence electrons. The van der Waals surface area contributed by atoms with Crippen molar-refractivity contribution in [3.63, 3.8) is 0 Å². The molecule has 0 aliphatic carbocycles. The van der Waals surface area contributed by atoms with E-state index in [9.17, 15) is 13.9 Å². The lowest BCUT2D eigenvalue weighted by atomic mass is 10.0. The SMILES string of the molecule is OC(c1cnc2ccccc2c1)c1ccc(F)c(F)c1Br. The van der Waals surface area contributed by atoms with Crippen molar-refractivity contribution in [2.45, 2.75) is 6.10 Å². The molecule has 0 amide bonds. The van der Waals surface area contributed by atoms with Crippen molar-refractivity contribution in [3.05, 3.63) is 75.9 Å². The Balaban J connectivity index is 2.08. The van der Waals surface area contributed by atoms with Gasteiger partial charge >= 0.3 is 0 Å². The molecule has 0 saturated carbocycles. The van der Waals surface area contributed by atoms with Crippen LogP contribution in [0, 0.1) is 11.6 Å². The first-order chi connectivity index (χ1) is 10.1. The molecule has 2 aromatic carbocycles. The number of aromatic nitrogens is 1. The molecular formula is C16H10BrF2NO. The van der Waals surface area contributed by atoms with E-state index in [2.05, 4.69) is 20.9 Å². The minimum Gasteiger partial charge on any atom is -0.384 e. The molecule has 21 heavy (non-hydrogen) atoms. The summed E-state index contributed by atoms with van der Waals surface area (Å²) in [4.78, 5) is 4.25. The summed E-state index contributed by atoms with van der Waals surface area (Å²) >= 11 is 2.98. The molecule has 1 aromatic heterocycles. The van der Waals surface area contributed by atoms with Gasteiger partial charge < -0.3 is 5.11 Å². The van der Waals surface area contributed by atoms with Gasteiger partial charge in [-0.3, -0.25) is 4.98 Å². The predicted octanol–water partition coefficient (Wildman–Crippen LogP) is 4.36. The number of rotatable bonds is 2. The van der Waals surface area contributed by atoms with Crippen molar-refractivity contribution in [2.24, 2.45) is 0 Å². The van der Waals surface area contributed by atoms with Crippen LogP contribution in [0.5, 0.6) is 0 Å². The summed E-state index contributed by atoms with van der Waals surface area (Å²) in [6.07, 6.45) is 0.437. The van der Waals surface area contributed by atoms with Gasteiger partial charge in [-0.1, -0.05) is 24.3 Å². The maximum absolute atomic E-state index is 13.6. The lowest BCUT2D eigenvalue weighted by molar-refractivity contribution is 0.218. The summed E-state index contributed by atoms with van der Waals surface area (Å²) < 4.78 is 26.6. The highest BCUT2D eigenvalue weighted by atomic mass is 79.9. The number of nitrogens with zero attached hydrogens (tertiary/aromatic N) is 1. The first kappa shape index (κ1) is 14.1. The second kappa shape index (κ2) is 5.50. The Kier molecular flexibility index (Phi) is 3.69. The number of benzene rings is 2. The van der Waals surface area contributed by atoms with E-state index in [1.54, 1.807) is 6.07 Å². The van der Waals surface area contributed by atoms with Gasteiger partial charge in [0.25, 0.3) is 0 Å². The maximum atomic E-state index is 13.6. The summed E-state index contributed by atoms with van der Waals surface area (Å²) in [6.45, 7) is 0. The average Bonchev–Trinajstić information content (AvgIpc) is 2.52. The number of aliphatic hydroxyl groups excluding tert-OH is 1. The van der Waals surface area contributed by atoms with E-state index in [1.807, 2.05) is 24.3 Å². The minimum absolute atomic E-state index is 0.0804. The molecule has 0 aliphatic heterocycles. The van der Waals surface area contributed by atoms with Crippen LogP contribution >= 0.6 is 15.9 Å². The number of pyridine rings is 1. The number of para-hydroxylation sites is 1. The second-order valence-electron chi connectivity index (χ2n) is 4.63. The van der Waals surface area contributed by atoms with E-state index in [0.29, 0.717) is 5.56 Å². The molecule has 5 heteroatoms. The summed E-state index contributed by atoms with van der Waals surface area (Å²) in [5.74, 6) is -1.98. The Morgan fingerprint density at radius 2 is 1.86 bits per heavy atom. The summed E-state index contributed by atoms with van der Waals surface area (Å²) in [5, 5.41) is 11.3. The van der Waals surface area contributed by atoms with Gasteiger partial charge in [0.2, 0.25) is 0 Å². The van der Waals surface area contributed by atoms with Gasteiger partial charge in [0.05, 0.1) is 9.99 Å². The predicted molar refractivity (Wildman–Crippen MR) is 79.9 cm³/mol. The van der Waals surface area contributed by atoms with Gasteiger partial charge in [-0.05, 0) is 34.1 Å². The quantitative estimate of drug-likeness (QED) is 0.697. The number of hydrogen-bond donors (Lipinski definition) is 1. The van der Waals surface area contributed by atoms with Gasteiger partial charge in [0.15, 0.2) is 11.6 Å². The molecule has 1 atom stereocenters. The van der Waals surface area contributed by atoms with Crippen LogP contribution in [0.4, 0.5) is 8.78 Å². The molecule has 3 aromatic rings. The van der Waals surface area contributed by atoms with Crippen molar-refractivity contribution in [1.82, 2.24) is 4.98 Å². The third-order valence-corrected chi connectivity index (χ3v) is 4.09. The highest BCUT2D eigenvalue weighted by Crippen LogP contribution is 2.32. The zero-order valence-electron chi connectivity index (χ0n) is 10.7. The Morgan fingerprint density at radius 3 is 2.67 bits per heavy atom. The molecule has 0 radical (unpaired) electrons. The van der Waals surface area contributed by atoms with Gasteiger partial charge in [-0.2, -0.15) is 0 Å². The lowest BCUT2D eigenvalue weighted by Crippen LogP contribution is -2.03. The molecule has 0 saturated heterocycles. The molecule has 0 fully saturated rings. The zero-order chi connectivity index (χ0) is 15.0. The van der Waals surface area contributed by atoms with Gasteiger partial charge in [-0.15, -0.1) is 0 Å². The lowest BCUT2D eigenvalue weighted by Gasteiger charge is -2.14. The van der Waals surface area contributed by atoms with Crippen LogP contribution in [0.25, 0.3) is 10.9 Å². The van der Waals surface area contributed by atoms with Crippen molar-refractivity contribution >= 4 is 26.8 Å². The smallest absolute Gasteiger partial charge is 0.173 e. The van der Waals surface area contributed by atoms with E-state index in [1.165, 1.54) is 12.3 Å². The van der Waals surface area contributed by atoms with Crippen LogP contribution in [0.15, 0.2) is 53.1 Å². The monoisotopic (exact) mass is 349 g/mol. The van der Waals surface area contributed by atoms with Crippen molar-refractivity contribution < 1.29 is 13.9 Å². The highest BCUT2D eigenvalue weighted by molar-refractivity contribution is 9.10. The average molecular weight is 350 g/mol. The van der Waals surface area contributed by atoms with E-state index in [0.717, 1.165) is 17.0 Å². The topological polar surface area (TPSA) is 33.1 Å². The van der Waals surface area contributed by atoms with E-state index < -0.39 is 17.7 Å². The Labute approximate surface area is 128 Å². The third-order valence-electron chi connectivity index (χ3n) is 3.29. The number of fused-ring (bicyclic) bond motifs is 1. The number of halogens is 3. The number of hydrogen-bond acceptors (Lipinski definition) is 2. The van der Waals surface area contributed by atoms with Crippen LogP contribution in [-0.2, 0) is 0 Å². The van der Waals surface area contributed by atoms with Crippen LogP contribution in [0.2, 0.25) is 0 Å². The van der Waals surface area contributed by atoms with Crippen LogP contribution in [0.3, 0.4) is 0 Å². The van der Waals surface area contributed by atoms with Gasteiger partial charge in [0, 0.05) is 22.7 Å². The minimum atomic E-state index is -1.09. The standard InChI is InChI=1S/C16H10BrF2NO/c17-14-11(5-6-12(18)15(14)19)16(21)10-7-9-3-1-2-4-13(9)20-8-10/h1-8,16,21H. The Morgan fingerprint density at radius 1 is 1.10 bits per heavy atom. The normalized spacial score (nSPS) is 12.6. The van der Waals surface area contributed by atoms with Crippen LogP contribution in [0.1, 0.15) is 17.2 Å². The fourth-order valence-electron chi connectivity index (χ4n) is 2.17. The third kappa shape index (κ3) is 2.54. The molecule has 1 heterocycles. The largest absolute Gasteiger partial charge is 0.384 e. The number of aliphatic hydroxyl groups is 1. The Hall–Kier alpha value is -1.85. The molecule has 2 nitrogen and oxygen atoms in total. The second-order valence-corrected chi connectivity index (χ2v) is 5.42. The fourth-order valence-corrected chi connectivity index (χ4v) is 2.71. The molecule has 0 spiro atoms. The fraction of sp³-hybridized carbons (Fsp3) is 0.0625. The first-order valence-electron chi connectivity index (χ1n) is 6.24. The summed E-state index contributed by atoms with van der Waals surface area (Å²) in [5.41, 5.74) is 1.57. The van der Waals surface area contributed by atoms with E-state index in [-0.39, 0.29) is 10.0 Å².